The zero-order chi connectivity index (χ0) is 27.9. The normalized spacial score (nSPS) is 11.4. The molecule has 0 bridgehead atoms. The van der Waals surface area contributed by atoms with Crippen molar-refractivity contribution >= 4 is 64.1 Å². The number of benzene rings is 1. The van der Waals surface area contributed by atoms with E-state index < -0.39 is 31.6 Å². The first kappa shape index (κ1) is 29.7. The van der Waals surface area contributed by atoms with Crippen molar-refractivity contribution in [1.29, 1.82) is 0 Å². The molecule has 14 heteroatoms. The third-order valence-corrected chi connectivity index (χ3v) is 7.83. The highest BCUT2D eigenvalue weighted by Gasteiger charge is 2.19. The van der Waals surface area contributed by atoms with Gasteiger partial charge < -0.3 is 35.1 Å². The quantitative estimate of drug-likeness (QED) is 0.108. The fourth-order valence-electron chi connectivity index (χ4n) is 3.36. The van der Waals surface area contributed by atoms with Gasteiger partial charge in [-0.3, -0.25) is 0 Å². The number of nitrogens with zero attached hydrogens (tertiary/aromatic N) is 2. The fourth-order valence-corrected chi connectivity index (χ4v) is 4.96. The van der Waals surface area contributed by atoms with Gasteiger partial charge in [-0.1, -0.05) is 19.6 Å². The lowest BCUT2D eigenvalue weighted by Gasteiger charge is -2.15. The van der Waals surface area contributed by atoms with Crippen molar-refractivity contribution in [3.63, 3.8) is 0 Å². The van der Waals surface area contributed by atoms with Crippen LogP contribution in [-0.2, 0) is 11.5 Å². The van der Waals surface area contributed by atoms with Crippen molar-refractivity contribution in [2.24, 2.45) is 0 Å². The Labute approximate surface area is 234 Å². The van der Waals surface area contributed by atoms with E-state index in [4.69, 9.17) is 26.8 Å². The van der Waals surface area contributed by atoms with E-state index in [0.29, 0.717) is 35.1 Å². The third-order valence-electron chi connectivity index (χ3n) is 5.28. The number of ether oxygens (including phenoxy) is 2. The second kappa shape index (κ2) is 13.3. The number of carbonyl (C=O) groups is 1. The molecule has 0 aliphatic heterocycles. The molecule has 1 aromatic carbocycles. The van der Waals surface area contributed by atoms with Crippen LogP contribution >= 0.6 is 28.1 Å². The van der Waals surface area contributed by atoms with Gasteiger partial charge in [0.2, 0.25) is 0 Å². The average molecular weight is 631 g/mol. The number of halogens is 3. The molecule has 0 aliphatic carbocycles. The molecular weight excluding hydrogens is 600 g/mol. The maximum atomic E-state index is 14.9. The van der Waals surface area contributed by atoms with Gasteiger partial charge in [-0.2, -0.15) is 0 Å². The van der Waals surface area contributed by atoms with Gasteiger partial charge in [-0.15, -0.1) is 0 Å². The minimum atomic E-state index is -1.22. The molecule has 0 atom stereocenters. The summed E-state index contributed by atoms with van der Waals surface area (Å²) in [6.45, 7) is 8.38. The van der Waals surface area contributed by atoms with Crippen LogP contribution in [0.4, 0.5) is 19.3 Å². The van der Waals surface area contributed by atoms with Crippen LogP contribution in [0.25, 0.3) is 11.0 Å². The first-order chi connectivity index (χ1) is 17.9. The van der Waals surface area contributed by atoms with Crippen molar-refractivity contribution in [1.82, 2.24) is 20.2 Å². The predicted octanol–water partition coefficient (Wildman–Crippen LogP) is 6.13. The number of nitrogens with one attached hydrogen (secondary N) is 3. The lowest BCUT2D eigenvalue weighted by molar-refractivity contribution is 0.0898. The van der Waals surface area contributed by atoms with Crippen LogP contribution < -0.4 is 20.7 Å². The summed E-state index contributed by atoms with van der Waals surface area (Å²) in [5.74, 6) is -2.17. The van der Waals surface area contributed by atoms with Crippen molar-refractivity contribution in [3.8, 4) is 11.5 Å². The Morgan fingerprint density at radius 1 is 1.21 bits per heavy atom. The largest absolute Gasteiger partial charge is 0.465 e. The van der Waals surface area contributed by atoms with Gasteiger partial charge >= 0.3 is 6.09 Å². The van der Waals surface area contributed by atoms with Gasteiger partial charge in [0.15, 0.2) is 22.5 Å². The lowest BCUT2D eigenvalue weighted by atomic mass is 10.2. The molecule has 0 saturated heterocycles. The number of amides is 1. The van der Waals surface area contributed by atoms with Crippen LogP contribution in [0.1, 0.15) is 6.42 Å². The molecule has 3 aromatic rings. The van der Waals surface area contributed by atoms with Crippen LogP contribution in [0.15, 0.2) is 35.1 Å². The summed E-state index contributed by atoms with van der Waals surface area (Å²) in [6.07, 6.45) is 2.67. The molecule has 0 spiro atoms. The molecule has 2 aromatic heterocycles. The fraction of sp³-hybridized carbons (Fsp3) is 0.375. The Morgan fingerprint density at radius 2 is 1.89 bits per heavy atom. The average Bonchev–Trinajstić information content (AvgIpc) is 3.14. The standard InChI is InChI=1S/C24H30BrF2N5O4SSi/c1-38(2,3)10-9-35-14-32-13-16(25)20-19(5-8-28-22(20)32)36-21-17(26)11-15(12-18(21)27)31-23(37)29-6-4-7-30-24(33)34/h5,8,11-13,30H,4,6-7,9-10,14H2,1-3H3,(H,33,34)(H2,29,31,37). The summed E-state index contributed by atoms with van der Waals surface area (Å²) < 4.78 is 43.8. The number of pyridine rings is 1. The number of aromatic nitrogens is 2. The molecule has 0 radical (unpaired) electrons. The molecular formula is C24H30BrF2N5O4SSi. The maximum absolute atomic E-state index is 14.9. The molecule has 206 valence electrons. The number of hydrogen-bond acceptors (Lipinski definition) is 5. The van der Waals surface area contributed by atoms with E-state index in [1.54, 1.807) is 6.20 Å². The molecule has 0 aliphatic rings. The number of carboxylic acid groups (broad SMARTS) is 1. The van der Waals surface area contributed by atoms with Crippen LogP contribution in [-0.4, -0.2) is 53.6 Å². The Morgan fingerprint density at radius 3 is 2.55 bits per heavy atom. The zero-order valence-electron chi connectivity index (χ0n) is 21.2. The highest BCUT2D eigenvalue weighted by Crippen LogP contribution is 2.37. The van der Waals surface area contributed by atoms with Crippen LogP contribution in [0, 0.1) is 11.6 Å². The highest BCUT2D eigenvalue weighted by atomic mass is 79.9. The van der Waals surface area contributed by atoms with Gasteiger partial charge in [0, 0.05) is 62.5 Å². The second-order valence-electron chi connectivity index (χ2n) is 9.64. The van der Waals surface area contributed by atoms with E-state index in [2.05, 4.69) is 56.5 Å². The van der Waals surface area contributed by atoms with Gasteiger partial charge in [0.25, 0.3) is 0 Å². The maximum Gasteiger partial charge on any atom is 0.404 e. The number of fused-ring (bicyclic) bond motifs is 1. The second-order valence-corrected chi connectivity index (χ2v) is 16.5. The van der Waals surface area contributed by atoms with Gasteiger partial charge in [-0.05, 0) is 46.7 Å². The van der Waals surface area contributed by atoms with Crippen molar-refractivity contribution in [2.45, 2.75) is 38.8 Å². The molecule has 4 N–H and O–H groups in total. The number of hydrogen-bond donors (Lipinski definition) is 4. The minimum absolute atomic E-state index is 0.0937. The third kappa shape index (κ3) is 8.61. The molecule has 0 fully saturated rings. The van der Waals surface area contributed by atoms with Crippen LogP contribution in [0.5, 0.6) is 11.5 Å². The van der Waals surface area contributed by atoms with E-state index in [1.165, 1.54) is 12.3 Å². The Balaban J connectivity index is 1.68. The Kier molecular flexibility index (Phi) is 10.4. The van der Waals surface area contributed by atoms with Crippen LogP contribution in [0.3, 0.4) is 0 Å². The van der Waals surface area contributed by atoms with Gasteiger partial charge in [-0.25, -0.2) is 18.6 Å². The van der Waals surface area contributed by atoms with Crippen molar-refractivity contribution in [2.75, 3.05) is 25.0 Å². The Hall–Kier alpha value is -2.81. The van der Waals surface area contributed by atoms with Crippen molar-refractivity contribution < 1.29 is 28.2 Å². The van der Waals surface area contributed by atoms with Gasteiger partial charge in [0.1, 0.15) is 18.1 Å². The van der Waals surface area contributed by atoms with E-state index in [1.807, 2.05) is 4.57 Å². The van der Waals surface area contributed by atoms with Gasteiger partial charge in [0.05, 0.1) is 5.39 Å². The topological polar surface area (TPSA) is 110 Å². The van der Waals surface area contributed by atoms with E-state index in [0.717, 1.165) is 18.2 Å². The lowest BCUT2D eigenvalue weighted by Crippen LogP contribution is -2.32. The molecule has 9 nitrogen and oxygen atoms in total. The highest BCUT2D eigenvalue weighted by molar-refractivity contribution is 9.10. The molecule has 2 heterocycles. The molecule has 0 saturated carbocycles. The van der Waals surface area contributed by atoms with E-state index >= 15 is 0 Å². The number of rotatable bonds is 12. The first-order valence-electron chi connectivity index (χ1n) is 11.8. The smallest absolute Gasteiger partial charge is 0.404 e. The SMILES string of the molecule is C[Si](C)(C)CCOCn1cc(Br)c2c(Oc3c(F)cc(NC(=S)NCCCNC(=O)O)cc3F)ccnc21. The first-order valence-corrected chi connectivity index (χ1v) is 16.7. The number of thiocarbonyl (C=S) groups is 1. The molecule has 38 heavy (non-hydrogen) atoms. The monoisotopic (exact) mass is 629 g/mol. The number of anilines is 1. The summed E-state index contributed by atoms with van der Waals surface area (Å²) in [5.41, 5.74) is 0.646. The summed E-state index contributed by atoms with van der Waals surface area (Å²) in [6, 6.07) is 4.71. The Bertz CT molecular complexity index is 1280. The van der Waals surface area contributed by atoms with E-state index in [9.17, 15) is 13.6 Å². The molecule has 1 amide bonds. The minimum Gasteiger partial charge on any atom is -0.465 e. The van der Waals surface area contributed by atoms with Crippen LogP contribution in [0.2, 0.25) is 25.7 Å². The molecule has 0 unspecified atom stereocenters. The van der Waals surface area contributed by atoms with E-state index in [-0.39, 0.29) is 29.8 Å². The van der Waals surface area contributed by atoms with Crippen molar-refractivity contribution in [3.05, 3.63) is 46.7 Å². The molecule has 3 rings (SSSR count). The summed E-state index contributed by atoms with van der Waals surface area (Å²) >= 11 is 8.62. The summed E-state index contributed by atoms with van der Waals surface area (Å²) in [7, 11) is -1.22. The predicted molar refractivity (Wildman–Crippen MR) is 153 cm³/mol. The zero-order valence-corrected chi connectivity index (χ0v) is 24.6. The summed E-state index contributed by atoms with van der Waals surface area (Å²) in [4.78, 5) is 14.8. The summed E-state index contributed by atoms with van der Waals surface area (Å²) in [5, 5.41) is 17.0.